The van der Waals surface area contributed by atoms with E-state index in [-0.39, 0.29) is 5.91 Å². The summed E-state index contributed by atoms with van der Waals surface area (Å²) in [5, 5.41) is 2.75. The lowest BCUT2D eigenvalue weighted by atomic mass is 10.2. The summed E-state index contributed by atoms with van der Waals surface area (Å²) in [5.41, 5.74) is 3.19. The Bertz CT molecular complexity index is 406. The number of rotatable bonds is 1. The van der Waals surface area contributed by atoms with Crippen molar-refractivity contribution in [3.8, 4) is 11.1 Å². The molecule has 14 heavy (non-hydrogen) atoms. The van der Waals surface area contributed by atoms with Gasteiger partial charge in [-0.2, -0.15) is 0 Å². The van der Waals surface area contributed by atoms with Crippen LogP contribution in [-0.2, 0) is 4.79 Å². The summed E-state index contributed by atoms with van der Waals surface area (Å²) in [6, 6.07) is 13.9. The largest absolute Gasteiger partial charge is 0.326 e. The van der Waals surface area contributed by atoms with Crippen LogP contribution >= 0.6 is 0 Å². The topological polar surface area (TPSA) is 29.1 Å². The highest BCUT2D eigenvalue weighted by molar-refractivity contribution is 5.88. The van der Waals surface area contributed by atoms with Crippen LogP contribution < -0.4 is 5.32 Å². The third kappa shape index (κ3) is 1.74. The molecule has 0 atom stereocenters. The van der Waals surface area contributed by atoms with Crippen LogP contribution in [0.2, 0.25) is 0 Å². The molecule has 1 amide bonds. The summed E-state index contributed by atoms with van der Waals surface area (Å²) in [4.78, 5) is 10.8. The maximum Gasteiger partial charge on any atom is 0.221 e. The van der Waals surface area contributed by atoms with E-state index in [4.69, 9.17) is 0 Å². The van der Waals surface area contributed by atoms with Gasteiger partial charge in [-0.05, 0) is 23.3 Å². The van der Waals surface area contributed by atoms with E-state index in [2.05, 4.69) is 5.32 Å². The van der Waals surface area contributed by atoms with E-state index in [1.807, 2.05) is 42.5 Å². The van der Waals surface area contributed by atoms with Crippen molar-refractivity contribution in [2.24, 2.45) is 0 Å². The molecule has 0 bridgehead atoms. The van der Waals surface area contributed by atoms with Gasteiger partial charge in [-0.3, -0.25) is 4.79 Å². The van der Waals surface area contributed by atoms with Crippen molar-refractivity contribution < 1.29 is 4.79 Å². The molecule has 0 aromatic rings. The molecule has 2 aliphatic rings. The van der Waals surface area contributed by atoms with E-state index in [1.54, 1.807) is 0 Å². The van der Waals surface area contributed by atoms with Gasteiger partial charge in [-0.1, -0.05) is 30.3 Å². The lowest BCUT2D eigenvalue weighted by molar-refractivity contribution is -0.114. The second kappa shape index (κ2) is 3.50. The molecule has 2 heteroatoms. The molecule has 2 rings (SSSR count). The van der Waals surface area contributed by atoms with Crippen molar-refractivity contribution in [1.29, 1.82) is 0 Å². The molecule has 0 unspecified atom stereocenters. The van der Waals surface area contributed by atoms with Gasteiger partial charge < -0.3 is 5.32 Å². The number of carbonyl (C=O) groups is 1. The smallest absolute Gasteiger partial charge is 0.221 e. The van der Waals surface area contributed by atoms with Gasteiger partial charge >= 0.3 is 0 Å². The molecule has 0 fully saturated rings. The first-order valence-corrected chi connectivity index (χ1v) is 4.52. The van der Waals surface area contributed by atoms with Gasteiger partial charge in [0.2, 0.25) is 5.91 Å². The summed E-state index contributed by atoms with van der Waals surface area (Å²) < 4.78 is 0. The van der Waals surface area contributed by atoms with Crippen LogP contribution in [0.25, 0.3) is 11.1 Å². The number of fused-ring (bicyclic) bond motifs is 1. The third-order valence-corrected chi connectivity index (χ3v) is 2.09. The molecule has 0 heterocycles. The van der Waals surface area contributed by atoms with Crippen molar-refractivity contribution >= 4 is 11.6 Å². The van der Waals surface area contributed by atoms with E-state index in [1.165, 1.54) is 18.1 Å². The highest BCUT2D eigenvalue weighted by atomic mass is 16.1. The second-order valence-electron chi connectivity index (χ2n) is 3.24. The van der Waals surface area contributed by atoms with Crippen LogP contribution in [0.3, 0.4) is 0 Å². The number of hydrogen-bond acceptors (Lipinski definition) is 1. The predicted molar refractivity (Wildman–Crippen MR) is 57.4 cm³/mol. The number of amides is 1. The summed E-state index contributed by atoms with van der Waals surface area (Å²) in [6.07, 6.45) is 0. The Morgan fingerprint density at radius 2 is 1.57 bits per heavy atom. The van der Waals surface area contributed by atoms with Crippen LogP contribution in [0.4, 0.5) is 5.69 Å². The molecule has 0 spiro atoms. The van der Waals surface area contributed by atoms with Crippen LogP contribution in [0.1, 0.15) is 6.92 Å². The fourth-order valence-electron chi connectivity index (χ4n) is 1.45. The second-order valence-corrected chi connectivity index (χ2v) is 3.24. The average molecular weight is 185 g/mol. The van der Waals surface area contributed by atoms with E-state index < -0.39 is 0 Å². The molecule has 0 saturated heterocycles. The number of hydrogen-bond donors (Lipinski definition) is 1. The summed E-state index contributed by atoms with van der Waals surface area (Å²) in [7, 11) is 0. The number of carbonyl (C=O) groups excluding carboxylic acids is 1. The van der Waals surface area contributed by atoms with E-state index >= 15 is 0 Å². The zero-order valence-corrected chi connectivity index (χ0v) is 7.95. The fraction of sp³-hybridized carbons (Fsp3) is 0.0833. The molecule has 0 aromatic carbocycles. The minimum absolute atomic E-state index is 0.0455. The Kier molecular flexibility index (Phi) is 2.19. The lowest BCUT2D eigenvalue weighted by Gasteiger charge is -1.95. The van der Waals surface area contributed by atoms with E-state index in [9.17, 15) is 4.79 Å². The quantitative estimate of drug-likeness (QED) is 0.727. The van der Waals surface area contributed by atoms with Crippen molar-refractivity contribution in [2.45, 2.75) is 6.92 Å². The summed E-state index contributed by atoms with van der Waals surface area (Å²) >= 11 is 0. The Labute approximate surface area is 82.9 Å². The van der Waals surface area contributed by atoms with Crippen LogP contribution in [-0.4, -0.2) is 5.91 Å². The zero-order chi connectivity index (χ0) is 9.97. The number of nitrogens with one attached hydrogen (secondary N) is 1. The molecule has 1 N–H and O–H groups in total. The van der Waals surface area contributed by atoms with Gasteiger partial charge in [0.1, 0.15) is 0 Å². The maximum absolute atomic E-state index is 10.8. The molecule has 2 nitrogen and oxygen atoms in total. The Balaban J connectivity index is 2.40. The molecule has 0 radical (unpaired) electrons. The summed E-state index contributed by atoms with van der Waals surface area (Å²) in [5.74, 6) is -0.0455. The Morgan fingerprint density at radius 3 is 2.07 bits per heavy atom. The monoisotopic (exact) mass is 185 g/mol. The van der Waals surface area contributed by atoms with Crippen LogP contribution in [0.15, 0.2) is 42.5 Å². The average Bonchev–Trinajstić information content (AvgIpc) is 2.50. The van der Waals surface area contributed by atoms with Gasteiger partial charge in [0.25, 0.3) is 0 Å². The van der Waals surface area contributed by atoms with E-state index in [0.29, 0.717) is 0 Å². The molecule has 0 aliphatic heterocycles. The van der Waals surface area contributed by atoms with Crippen molar-refractivity contribution in [3.05, 3.63) is 42.5 Å². The Morgan fingerprint density at radius 1 is 1.00 bits per heavy atom. The fourth-order valence-corrected chi connectivity index (χ4v) is 1.45. The predicted octanol–water partition coefficient (Wildman–Crippen LogP) is 2.75. The highest BCUT2D eigenvalue weighted by Crippen LogP contribution is 2.22. The van der Waals surface area contributed by atoms with Crippen molar-refractivity contribution in [3.63, 3.8) is 0 Å². The van der Waals surface area contributed by atoms with E-state index in [0.717, 1.165) is 5.69 Å². The SMILES string of the molecule is CC(=O)Nc1ccc2cccc-2cc1. The van der Waals surface area contributed by atoms with Gasteiger partial charge in [0.05, 0.1) is 0 Å². The molecule has 2 aliphatic carbocycles. The standard InChI is InChI=1S/C12H11NO/c1-9(14)13-12-7-5-10-3-2-4-11(10)6-8-12/h2-8H,1H3,(H,13,14). The third-order valence-electron chi connectivity index (χ3n) is 2.09. The highest BCUT2D eigenvalue weighted by Gasteiger charge is 1.99. The van der Waals surface area contributed by atoms with Gasteiger partial charge in [0, 0.05) is 12.6 Å². The first kappa shape index (κ1) is 8.75. The first-order chi connectivity index (χ1) is 6.75. The van der Waals surface area contributed by atoms with Gasteiger partial charge in [-0.15, -0.1) is 0 Å². The number of anilines is 1. The molecule has 70 valence electrons. The summed E-state index contributed by atoms with van der Waals surface area (Å²) in [6.45, 7) is 1.51. The maximum atomic E-state index is 10.8. The lowest BCUT2D eigenvalue weighted by Crippen LogP contribution is -2.04. The normalized spacial score (nSPS) is 10.1. The minimum Gasteiger partial charge on any atom is -0.326 e. The first-order valence-electron chi connectivity index (χ1n) is 4.52. The van der Waals surface area contributed by atoms with Crippen LogP contribution in [0, 0.1) is 0 Å². The minimum atomic E-state index is -0.0455. The van der Waals surface area contributed by atoms with Gasteiger partial charge in [0.15, 0.2) is 0 Å². The van der Waals surface area contributed by atoms with Crippen molar-refractivity contribution in [1.82, 2.24) is 0 Å². The molecular weight excluding hydrogens is 174 g/mol. The Hall–Kier alpha value is -1.83. The van der Waals surface area contributed by atoms with Crippen molar-refractivity contribution in [2.75, 3.05) is 5.32 Å². The zero-order valence-electron chi connectivity index (χ0n) is 7.95. The van der Waals surface area contributed by atoms with Gasteiger partial charge in [-0.25, -0.2) is 0 Å². The molecular formula is C12H11NO. The van der Waals surface area contributed by atoms with Crippen LogP contribution in [0.5, 0.6) is 0 Å². The molecule has 0 aromatic heterocycles. The molecule has 0 saturated carbocycles.